The highest BCUT2D eigenvalue weighted by molar-refractivity contribution is 5.75. The van der Waals surface area contributed by atoms with E-state index in [0.29, 0.717) is 12.3 Å². The van der Waals surface area contributed by atoms with Gasteiger partial charge in [-0.15, -0.1) is 0 Å². The normalized spacial score (nSPS) is 16.2. The third kappa shape index (κ3) is 12.2. The van der Waals surface area contributed by atoms with E-state index >= 15 is 0 Å². The van der Waals surface area contributed by atoms with Gasteiger partial charge in [0, 0.05) is 28.1 Å². The summed E-state index contributed by atoms with van der Waals surface area (Å²) in [4.78, 5) is 10.6. The Balaban J connectivity index is 0. The second-order valence-electron chi connectivity index (χ2n) is 6.29. The molecule has 0 aromatic heterocycles. The molecule has 0 aromatic carbocycles. The van der Waals surface area contributed by atoms with Crippen molar-refractivity contribution in [1.29, 1.82) is 0 Å². The zero-order valence-corrected chi connectivity index (χ0v) is 13.5. The van der Waals surface area contributed by atoms with E-state index in [0.717, 1.165) is 31.5 Å². The molecule has 19 heavy (non-hydrogen) atoms. The first-order valence-corrected chi connectivity index (χ1v) is 7.74. The van der Waals surface area contributed by atoms with Crippen LogP contribution in [0.3, 0.4) is 0 Å². The summed E-state index contributed by atoms with van der Waals surface area (Å²) in [5, 5.41) is 2.58. The zero-order chi connectivity index (χ0) is 14.7. The second kappa shape index (κ2) is 11.3. The Morgan fingerprint density at radius 2 is 1.79 bits per heavy atom. The quantitative estimate of drug-likeness (QED) is 0.825. The molecule has 3 nitrogen and oxygen atoms in total. The highest BCUT2D eigenvalue weighted by Crippen LogP contribution is 2.22. The summed E-state index contributed by atoms with van der Waals surface area (Å²) in [7, 11) is 1.67. The van der Waals surface area contributed by atoms with E-state index in [1.54, 1.807) is 7.05 Å². The van der Waals surface area contributed by atoms with Gasteiger partial charge in [-0.25, -0.2) is 0 Å². The number of ether oxygens (including phenoxy) is 1. The summed E-state index contributed by atoms with van der Waals surface area (Å²) in [5.41, 5.74) is 0. The van der Waals surface area contributed by atoms with Crippen molar-refractivity contribution in [3.63, 3.8) is 0 Å². The molecule has 0 saturated carbocycles. The number of rotatable bonds is 5. The summed E-state index contributed by atoms with van der Waals surface area (Å²) >= 11 is 0. The summed E-state index contributed by atoms with van der Waals surface area (Å²) in [5.74, 6) is 2.59. The Bertz CT molecular complexity index is 227. The highest BCUT2D eigenvalue weighted by Gasteiger charge is 2.14. The Morgan fingerprint density at radius 1 is 1.21 bits per heavy atom. The highest BCUT2D eigenvalue weighted by atomic mass is 16.5. The predicted molar refractivity (Wildman–Crippen MR) is 83.3 cm³/mol. The van der Waals surface area contributed by atoms with Gasteiger partial charge in [0.15, 0.2) is 0 Å². The molecule has 116 valence electrons. The molecule has 1 rings (SSSR count). The van der Waals surface area contributed by atoms with E-state index in [1.165, 1.54) is 19.3 Å². The topological polar surface area (TPSA) is 38.3 Å². The van der Waals surface area contributed by atoms with Crippen LogP contribution >= 0.6 is 0 Å². The second-order valence-corrected chi connectivity index (χ2v) is 6.29. The van der Waals surface area contributed by atoms with Gasteiger partial charge in [0.1, 0.15) is 0 Å². The molecule has 1 heterocycles. The van der Waals surface area contributed by atoms with Gasteiger partial charge in [0.25, 0.3) is 0 Å². The lowest BCUT2D eigenvalue weighted by molar-refractivity contribution is -0.120. The molecule has 0 atom stereocenters. The minimum Gasteiger partial charge on any atom is -0.381 e. The Hall–Kier alpha value is -0.570. The average molecular weight is 273 g/mol. The van der Waals surface area contributed by atoms with Crippen LogP contribution in [0.1, 0.15) is 61.2 Å². The van der Waals surface area contributed by atoms with Crippen LogP contribution < -0.4 is 5.32 Å². The minimum atomic E-state index is 0. The number of hydrogen-bond donors (Lipinski definition) is 1. The molecule has 0 spiro atoms. The van der Waals surface area contributed by atoms with Crippen LogP contribution in [-0.2, 0) is 9.53 Å². The smallest absolute Gasteiger partial charge is 0.219 e. The van der Waals surface area contributed by atoms with Crippen LogP contribution in [0, 0.1) is 17.8 Å². The van der Waals surface area contributed by atoms with E-state index in [4.69, 9.17) is 4.74 Å². The van der Waals surface area contributed by atoms with Crippen LogP contribution in [-0.4, -0.2) is 26.2 Å². The first kappa shape index (κ1) is 18.4. The summed E-state index contributed by atoms with van der Waals surface area (Å²) in [6.07, 6.45) is 5.62. The van der Waals surface area contributed by atoms with Crippen molar-refractivity contribution in [2.24, 2.45) is 17.8 Å². The van der Waals surface area contributed by atoms with Crippen LogP contribution in [0.4, 0.5) is 0 Å². The lowest BCUT2D eigenvalue weighted by Crippen LogP contribution is -2.17. The van der Waals surface area contributed by atoms with Gasteiger partial charge in [0.2, 0.25) is 5.91 Å². The van der Waals surface area contributed by atoms with E-state index in [9.17, 15) is 4.79 Å². The molecule has 0 aliphatic carbocycles. The zero-order valence-electron chi connectivity index (χ0n) is 13.5. The molecule has 0 bridgehead atoms. The molecule has 0 unspecified atom stereocenters. The molecule has 1 fully saturated rings. The van der Waals surface area contributed by atoms with Gasteiger partial charge < -0.3 is 10.1 Å². The van der Waals surface area contributed by atoms with Crippen molar-refractivity contribution >= 4 is 5.91 Å². The minimum absolute atomic E-state index is 0. The number of carbonyl (C=O) groups is 1. The van der Waals surface area contributed by atoms with Crippen LogP contribution in [0.15, 0.2) is 0 Å². The Labute approximate surface area is 121 Å². The molecule has 1 N–H and O–H groups in total. The standard InChI is InChI=1S/C9H18O.C7H15NO.H2/c1-8(2)7-9-3-5-10-6-4-9;1-6(2)4-5-7(9)8-3;/h8-9H,3-7H2,1-2H3;6H,4-5H2,1-3H3,(H,8,9);1H. The third-order valence-electron chi connectivity index (χ3n) is 3.37. The predicted octanol–water partition coefficient (Wildman–Crippen LogP) is 3.87. The lowest BCUT2D eigenvalue weighted by Gasteiger charge is -2.23. The molecule has 0 aromatic rings. The van der Waals surface area contributed by atoms with Gasteiger partial charge in [-0.2, -0.15) is 0 Å². The molecule has 3 heteroatoms. The largest absolute Gasteiger partial charge is 0.381 e. The molecular weight excluding hydrogens is 238 g/mol. The van der Waals surface area contributed by atoms with E-state index in [2.05, 4.69) is 33.0 Å². The summed E-state index contributed by atoms with van der Waals surface area (Å²) in [6, 6.07) is 0. The van der Waals surface area contributed by atoms with Crippen molar-refractivity contribution in [1.82, 2.24) is 5.32 Å². The molecule has 1 saturated heterocycles. The molecular formula is C16H35NO2. The first-order valence-electron chi connectivity index (χ1n) is 7.74. The maximum atomic E-state index is 10.6. The van der Waals surface area contributed by atoms with Crippen LogP contribution in [0.25, 0.3) is 0 Å². The third-order valence-corrected chi connectivity index (χ3v) is 3.37. The number of carbonyl (C=O) groups excluding carboxylic acids is 1. The monoisotopic (exact) mass is 273 g/mol. The van der Waals surface area contributed by atoms with Crippen molar-refractivity contribution in [3.8, 4) is 0 Å². The number of hydrogen-bond acceptors (Lipinski definition) is 2. The number of amides is 1. The SMILES string of the molecule is CC(C)CC1CCOCC1.CNC(=O)CCC(C)C.[HH]. The van der Waals surface area contributed by atoms with Gasteiger partial charge in [0.05, 0.1) is 0 Å². The van der Waals surface area contributed by atoms with Crippen molar-refractivity contribution in [2.75, 3.05) is 20.3 Å². The lowest BCUT2D eigenvalue weighted by atomic mass is 9.91. The average Bonchev–Trinajstić information content (AvgIpc) is 2.37. The number of nitrogens with one attached hydrogen (secondary N) is 1. The Morgan fingerprint density at radius 3 is 2.21 bits per heavy atom. The van der Waals surface area contributed by atoms with Crippen LogP contribution in [0.5, 0.6) is 0 Å². The molecule has 1 aliphatic heterocycles. The van der Waals surface area contributed by atoms with Gasteiger partial charge in [-0.05, 0) is 43.4 Å². The molecule has 1 aliphatic rings. The van der Waals surface area contributed by atoms with E-state index in [1.807, 2.05) is 0 Å². The fourth-order valence-corrected chi connectivity index (χ4v) is 2.19. The van der Waals surface area contributed by atoms with Crippen molar-refractivity contribution in [3.05, 3.63) is 0 Å². The van der Waals surface area contributed by atoms with E-state index < -0.39 is 0 Å². The first-order chi connectivity index (χ1) is 8.95. The van der Waals surface area contributed by atoms with E-state index in [-0.39, 0.29) is 7.33 Å². The maximum Gasteiger partial charge on any atom is 0.219 e. The summed E-state index contributed by atoms with van der Waals surface area (Å²) in [6.45, 7) is 10.8. The maximum absolute atomic E-state index is 10.6. The molecule has 0 radical (unpaired) electrons. The summed E-state index contributed by atoms with van der Waals surface area (Å²) < 4.78 is 5.28. The van der Waals surface area contributed by atoms with Gasteiger partial charge >= 0.3 is 0 Å². The fraction of sp³-hybridized carbons (Fsp3) is 0.938. The van der Waals surface area contributed by atoms with Gasteiger partial charge in [-0.1, -0.05) is 27.7 Å². The van der Waals surface area contributed by atoms with Crippen molar-refractivity contribution < 1.29 is 11.0 Å². The molecule has 1 amide bonds. The van der Waals surface area contributed by atoms with Crippen molar-refractivity contribution in [2.45, 2.75) is 59.8 Å². The Kier molecular flexibility index (Phi) is 10.9. The van der Waals surface area contributed by atoms with Crippen LogP contribution in [0.2, 0.25) is 0 Å². The van der Waals surface area contributed by atoms with Gasteiger partial charge in [-0.3, -0.25) is 4.79 Å². The fourth-order valence-electron chi connectivity index (χ4n) is 2.19.